The van der Waals surface area contributed by atoms with E-state index in [2.05, 4.69) is 0 Å². The van der Waals surface area contributed by atoms with E-state index in [-0.39, 0.29) is 5.78 Å². The maximum absolute atomic E-state index is 12.5. The van der Waals surface area contributed by atoms with Gasteiger partial charge < -0.3 is 0 Å². The number of ketones is 1. The summed E-state index contributed by atoms with van der Waals surface area (Å²) in [4.78, 5) is 23.8. The fraction of sp³-hybridized carbons (Fsp3) is 0.429. The zero-order valence-corrected chi connectivity index (χ0v) is 12.7. The van der Waals surface area contributed by atoms with Crippen LogP contribution in [0.5, 0.6) is 0 Å². The van der Waals surface area contributed by atoms with E-state index in [1.165, 1.54) is 12.2 Å². The van der Waals surface area contributed by atoms with E-state index in [9.17, 15) is 18.0 Å². The van der Waals surface area contributed by atoms with E-state index < -0.39 is 27.4 Å². The molecule has 1 spiro atoms. The summed E-state index contributed by atoms with van der Waals surface area (Å²) in [5, 5.41) is 0. The maximum Gasteiger partial charge on any atom is 0.264 e. The van der Waals surface area contributed by atoms with E-state index in [1.54, 1.807) is 32.9 Å². The van der Waals surface area contributed by atoms with Gasteiger partial charge in [0.1, 0.15) is 0 Å². The van der Waals surface area contributed by atoms with Gasteiger partial charge in [0.05, 0.1) is 17.7 Å². The Morgan fingerprint density at radius 3 is 2.10 bits per heavy atom. The number of nitrogens with zero attached hydrogens (tertiary/aromatic N) is 1. The van der Waals surface area contributed by atoms with E-state index in [4.69, 9.17) is 0 Å². The van der Waals surface area contributed by atoms with Crippen molar-refractivity contribution in [1.82, 2.24) is 4.31 Å². The minimum atomic E-state index is -3.66. The Labute approximate surface area is 118 Å². The fourth-order valence-corrected chi connectivity index (χ4v) is 4.10. The summed E-state index contributed by atoms with van der Waals surface area (Å²) < 4.78 is 24.7. The molecule has 1 saturated heterocycles. The first-order valence-corrected chi connectivity index (χ1v) is 8.10. The van der Waals surface area contributed by atoms with Gasteiger partial charge in [-0.1, -0.05) is 17.7 Å². The molecule has 6 heteroatoms. The largest absolute Gasteiger partial charge is 0.290 e. The first-order chi connectivity index (χ1) is 9.11. The van der Waals surface area contributed by atoms with Gasteiger partial charge in [-0.2, -0.15) is 0 Å². The lowest BCUT2D eigenvalue weighted by molar-refractivity contribution is -0.121. The topological polar surface area (TPSA) is 71.5 Å². The predicted molar refractivity (Wildman–Crippen MR) is 75.2 cm³/mol. The zero-order chi connectivity index (χ0) is 15.3. The molecule has 0 aromatic rings. The fourth-order valence-electron chi connectivity index (χ4n) is 2.96. The van der Waals surface area contributed by atoms with Gasteiger partial charge in [0.15, 0.2) is 5.78 Å². The van der Waals surface area contributed by atoms with Crippen LogP contribution in [0.4, 0.5) is 0 Å². The Balaban J connectivity index is 2.72. The van der Waals surface area contributed by atoms with Gasteiger partial charge >= 0.3 is 0 Å². The van der Waals surface area contributed by atoms with Crippen molar-refractivity contribution in [2.75, 3.05) is 6.26 Å². The van der Waals surface area contributed by atoms with Gasteiger partial charge in [-0.05, 0) is 32.9 Å². The molecule has 20 heavy (non-hydrogen) atoms. The third-order valence-electron chi connectivity index (χ3n) is 3.79. The maximum atomic E-state index is 12.5. The Hall–Kier alpha value is -1.69. The number of amides is 1. The molecule has 1 fully saturated rings. The molecule has 1 amide bonds. The van der Waals surface area contributed by atoms with Crippen molar-refractivity contribution < 1.29 is 18.0 Å². The first kappa shape index (κ1) is 14.7. The van der Waals surface area contributed by atoms with Crippen molar-refractivity contribution in [3.8, 4) is 0 Å². The second kappa shape index (κ2) is 4.41. The highest BCUT2D eigenvalue weighted by Crippen LogP contribution is 2.48. The van der Waals surface area contributed by atoms with Crippen LogP contribution in [0.25, 0.3) is 0 Å². The SMILES string of the molecule is CC(C)=C1C(=O)N(S(C)(=O)=O)[C@@H](C)C12C=CC(=O)C=C2. The third kappa shape index (κ3) is 1.95. The summed E-state index contributed by atoms with van der Waals surface area (Å²) in [6.07, 6.45) is 7.05. The van der Waals surface area contributed by atoms with Crippen molar-refractivity contribution >= 4 is 21.7 Å². The number of hydrogen-bond donors (Lipinski definition) is 0. The Kier molecular flexibility index (Phi) is 3.25. The van der Waals surface area contributed by atoms with Crippen LogP contribution in [0, 0.1) is 5.41 Å². The summed E-state index contributed by atoms with van der Waals surface area (Å²) in [6.45, 7) is 5.22. The first-order valence-electron chi connectivity index (χ1n) is 6.25. The van der Waals surface area contributed by atoms with Crippen LogP contribution in [0.2, 0.25) is 0 Å². The Morgan fingerprint density at radius 1 is 1.20 bits per heavy atom. The van der Waals surface area contributed by atoms with Crippen molar-refractivity contribution in [2.45, 2.75) is 26.8 Å². The molecule has 1 aliphatic carbocycles. The van der Waals surface area contributed by atoms with Gasteiger partial charge in [-0.15, -0.1) is 0 Å². The van der Waals surface area contributed by atoms with Gasteiger partial charge in [-0.3, -0.25) is 9.59 Å². The molecule has 108 valence electrons. The van der Waals surface area contributed by atoms with Gasteiger partial charge in [0.25, 0.3) is 5.91 Å². The van der Waals surface area contributed by atoms with E-state index in [0.29, 0.717) is 5.57 Å². The van der Waals surface area contributed by atoms with Crippen molar-refractivity contribution in [3.05, 3.63) is 35.5 Å². The van der Waals surface area contributed by atoms with Crippen LogP contribution in [0.3, 0.4) is 0 Å². The summed E-state index contributed by atoms with van der Waals surface area (Å²) >= 11 is 0. The van der Waals surface area contributed by atoms with E-state index in [1.807, 2.05) is 0 Å². The highest BCUT2D eigenvalue weighted by atomic mass is 32.2. The molecule has 0 radical (unpaired) electrons. The smallest absolute Gasteiger partial charge is 0.264 e. The number of rotatable bonds is 1. The van der Waals surface area contributed by atoms with E-state index in [0.717, 1.165) is 16.1 Å². The molecule has 2 rings (SSSR count). The average molecular weight is 295 g/mol. The lowest BCUT2D eigenvalue weighted by atomic mass is 9.73. The average Bonchev–Trinajstić information content (AvgIpc) is 2.51. The summed E-state index contributed by atoms with van der Waals surface area (Å²) in [6, 6.07) is -0.588. The Bertz CT molecular complexity index is 662. The van der Waals surface area contributed by atoms with Crippen LogP contribution >= 0.6 is 0 Å². The lowest BCUT2D eigenvalue weighted by Gasteiger charge is -2.31. The Morgan fingerprint density at radius 2 is 1.70 bits per heavy atom. The van der Waals surface area contributed by atoms with Crippen LogP contribution < -0.4 is 0 Å². The number of carbonyl (C=O) groups is 2. The summed E-state index contributed by atoms with van der Waals surface area (Å²) in [5.41, 5.74) is 0.319. The summed E-state index contributed by atoms with van der Waals surface area (Å²) in [5.74, 6) is -0.676. The standard InChI is InChI=1S/C14H17NO4S/c1-9(2)12-13(17)15(20(4,18)19)10(3)14(12)7-5-11(16)6-8-14/h5-8,10H,1-4H3/t10-/m0/s1. The second-order valence-corrected chi connectivity index (χ2v) is 7.28. The highest BCUT2D eigenvalue weighted by molar-refractivity contribution is 7.89. The van der Waals surface area contributed by atoms with Gasteiger partial charge in [-0.25, -0.2) is 12.7 Å². The monoisotopic (exact) mass is 295 g/mol. The lowest BCUT2D eigenvalue weighted by Crippen LogP contribution is -2.40. The minimum absolute atomic E-state index is 0.166. The predicted octanol–water partition coefficient (Wildman–Crippen LogP) is 1.19. The molecule has 2 aliphatic rings. The normalized spacial score (nSPS) is 24.9. The molecule has 0 unspecified atom stereocenters. The van der Waals surface area contributed by atoms with Crippen molar-refractivity contribution in [1.29, 1.82) is 0 Å². The third-order valence-corrected chi connectivity index (χ3v) is 4.99. The minimum Gasteiger partial charge on any atom is -0.290 e. The molecule has 0 aromatic carbocycles. The number of sulfonamides is 1. The van der Waals surface area contributed by atoms with Gasteiger partial charge in [0.2, 0.25) is 10.0 Å². The molecular formula is C14H17NO4S. The quantitative estimate of drug-likeness (QED) is 0.681. The van der Waals surface area contributed by atoms with Crippen LogP contribution in [0.1, 0.15) is 20.8 Å². The molecule has 1 aliphatic heterocycles. The highest BCUT2D eigenvalue weighted by Gasteiger charge is 2.54. The molecule has 1 heterocycles. The zero-order valence-electron chi connectivity index (χ0n) is 11.9. The van der Waals surface area contributed by atoms with Crippen LogP contribution in [-0.4, -0.2) is 36.7 Å². The molecule has 0 bridgehead atoms. The number of allylic oxidation sites excluding steroid dienone is 3. The van der Waals surface area contributed by atoms with Crippen LogP contribution in [0.15, 0.2) is 35.5 Å². The van der Waals surface area contributed by atoms with Crippen LogP contribution in [-0.2, 0) is 19.6 Å². The summed E-state index contributed by atoms with van der Waals surface area (Å²) in [7, 11) is -3.66. The van der Waals surface area contributed by atoms with E-state index >= 15 is 0 Å². The molecule has 1 atom stereocenters. The molecule has 0 N–H and O–H groups in total. The van der Waals surface area contributed by atoms with Gasteiger partial charge in [0, 0.05) is 5.57 Å². The van der Waals surface area contributed by atoms with Crippen molar-refractivity contribution in [2.24, 2.45) is 5.41 Å². The van der Waals surface area contributed by atoms with Crippen molar-refractivity contribution in [3.63, 3.8) is 0 Å². The molecule has 5 nitrogen and oxygen atoms in total. The second-order valence-electron chi connectivity index (χ2n) is 5.42. The number of carbonyl (C=O) groups excluding carboxylic acids is 2. The molecule has 0 aromatic heterocycles. The number of hydrogen-bond acceptors (Lipinski definition) is 4. The molecule has 0 saturated carbocycles. The molecular weight excluding hydrogens is 278 g/mol.